The maximum atomic E-state index is 11.0. The molecule has 0 aliphatic carbocycles. The zero-order valence-electron chi connectivity index (χ0n) is 12.3. The van der Waals surface area contributed by atoms with Crippen molar-refractivity contribution >= 4 is 24.0 Å². The van der Waals surface area contributed by atoms with E-state index in [1.807, 2.05) is 30.3 Å². The van der Waals surface area contributed by atoms with Crippen LogP contribution in [0.5, 0.6) is 0 Å². The fourth-order valence-corrected chi connectivity index (χ4v) is 2.74. The highest BCUT2D eigenvalue weighted by atomic mass is 32.2. The number of carbonyl (C=O) groups excluding carboxylic acids is 2. The molecule has 1 atom stereocenters. The predicted octanol–water partition coefficient (Wildman–Crippen LogP) is 2.85. The zero-order valence-corrected chi connectivity index (χ0v) is 13.1. The molecule has 0 saturated heterocycles. The summed E-state index contributed by atoms with van der Waals surface area (Å²) in [4.78, 5) is 21.9. The first-order valence-electron chi connectivity index (χ1n) is 7.01. The molecule has 0 aliphatic rings. The van der Waals surface area contributed by atoms with Gasteiger partial charge in [-0.3, -0.25) is 4.79 Å². The van der Waals surface area contributed by atoms with E-state index in [2.05, 4.69) is 4.74 Å². The number of hydrogen-bond donors (Lipinski definition) is 0. The topological polar surface area (TPSA) is 52.6 Å². The highest BCUT2D eigenvalue weighted by Gasteiger charge is 2.09. The van der Waals surface area contributed by atoms with Gasteiger partial charge >= 0.3 is 5.97 Å². The van der Waals surface area contributed by atoms with Crippen molar-refractivity contribution in [2.75, 3.05) is 19.5 Å². The van der Waals surface area contributed by atoms with Crippen molar-refractivity contribution < 1.29 is 19.1 Å². The molecule has 0 radical (unpaired) electrons. The molecule has 0 fully saturated rings. The van der Waals surface area contributed by atoms with Crippen molar-refractivity contribution in [2.45, 2.75) is 31.1 Å². The van der Waals surface area contributed by atoms with E-state index in [0.717, 1.165) is 24.7 Å². The Bertz CT molecular complexity index is 408. The average Bonchev–Trinajstić information content (AvgIpc) is 2.53. The second-order valence-electron chi connectivity index (χ2n) is 4.55. The molecule has 1 aromatic rings. The molecule has 0 heterocycles. The SMILES string of the molecule is COC(=O)CCSC(C=O)CCCOCc1ccccc1. The lowest BCUT2D eigenvalue weighted by atomic mass is 10.2. The molecule has 5 heteroatoms. The Morgan fingerprint density at radius 1 is 1.33 bits per heavy atom. The van der Waals surface area contributed by atoms with E-state index in [1.54, 1.807) is 0 Å². The summed E-state index contributed by atoms with van der Waals surface area (Å²) in [5.74, 6) is 0.374. The molecule has 116 valence electrons. The standard InChI is InChI=1S/C16H22O4S/c1-19-16(18)9-11-21-15(12-17)8-5-10-20-13-14-6-3-2-4-7-14/h2-4,6-7,12,15H,5,8-11,13H2,1H3. The lowest BCUT2D eigenvalue weighted by Crippen LogP contribution is -2.09. The first-order valence-corrected chi connectivity index (χ1v) is 8.06. The van der Waals surface area contributed by atoms with E-state index in [-0.39, 0.29) is 11.2 Å². The lowest BCUT2D eigenvalue weighted by Gasteiger charge is -2.10. The summed E-state index contributed by atoms with van der Waals surface area (Å²) in [6, 6.07) is 10.00. The third kappa shape index (κ3) is 8.52. The summed E-state index contributed by atoms with van der Waals surface area (Å²) >= 11 is 1.50. The van der Waals surface area contributed by atoms with Gasteiger partial charge in [0.15, 0.2) is 0 Å². The Balaban J connectivity index is 2.06. The van der Waals surface area contributed by atoms with Crippen molar-refractivity contribution in [3.05, 3.63) is 35.9 Å². The van der Waals surface area contributed by atoms with Crippen LogP contribution in [0, 0.1) is 0 Å². The van der Waals surface area contributed by atoms with Gasteiger partial charge in [-0.05, 0) is 18.4 Å². The summed E-state index contributed by atoms with van der Waals surface area (Å²) in [5.41, 5.74) is 1.15. The molecule has 0 amide bonds. The first kappa shape index (κ1) is 17.7. The quantitative estimate of drug-likeness (QED) is 0.357. The molecule has 0 saturated carbocycles. The van der Waals surface area contributed by atoms with Crippen LogP contribution in [-0.4, -0.2) is 37.0 Å². The third-order valence-electron chi connectivity index (χ3n) is 2.91. The van der Waals surface area contributed by atoms with Crippen LogP contribution in [0.15, 0.2) is 30.3 Å². The Morgan fingerprint density at radius 3 is 2.76 bits per heavy atom. The fraction of sp³-hybridized carbons (Fsp3) is 0.500. The van der Waals surface area contributed by atoms with E-state index >= 15 is 0 Å². The third-order valence-corrected chi connectivity index (χ3v) is 4.12. The minimum atomic E-state index is -0.238. The Labute approximate surface area is 130 Å². The highest BCUT2D eigenvalue weighted by molar-refractivity contribution is 8.00. The first-order chi connectivity index (χ1) is 10.3. The number of benzene rings is 1. The summed E-state index contributed by atoms with van der Waals surface area (Å²) < 4.78 is 10.1. The molecule has 0 spiro atoms. The monoisotopic (exact) mass is 310 g/mol. The molecule has 0 aromatic heterocycles. The van der Waals surface area contributed by atoms with Gasteiger partial charge < -0.3 is 14.3 Å². The number of hydrogen-bond acceptors (Lipinski definition) is 5. The number of carbonyl (C=O) groups is 2. The fourth-order valence-electron chi connectivity index (χ4n) is 1.74. The predicted molar refractivity (Wildman–Crippen MR) is 84.3 cm³/mol. The van der Waals surface area contributed by atoms with Crippen LogP contribution in [0.4, 0.5) is 0 Å². The minimum absolute atomic E-state index is 0.0741. The van der Waals surface area contributed by atoms with Crippen LogP contribution in [0.1, 0.15) is 24.8 Å². The molecular formula is C16H22O4S. The molecule has 0 N–H and O–H groups in total. The molecule has 1 rings (SSSR count). The molecule has 0 aliphatic heterocycles. The van der Waals surface area contributed by atoms with Crippen LogP contribution in [0.25, 0.3) is 0 Å². The van der Waals surface area contributed by atoms with Crippen LogP contribution in [0.3, 0.4) is 0 Å². The number of rotatable bonds is 11. The van der Waals surface area contributed by atoms with Crippen molar-refractivity contribution in [3.63, 3.8) is 0 Å². The van der Waals surface area contributed by atoms with E-state index < -0.39 is 0 Å². The second-order valence-corrected chi connectivity index (χ2v) is 5.90. The van der Waals surface area contributed by atoms with Crippen molar-refractivity contribution in [3.8, 4) is 0 Å². The van der Waals surface area contributed by atoms with Gasteiger partial charge in [-0.1, -0.05) is 30.3 Å². The van der Waals surface area contributed by atoms with Gasteiger partial charge in [-0.25, -0.2) is 0 Å². The van der Waals surface area contributed by atoms with Gasteiger partial charge in [0, 0.05) is 12.4 Å². The maximum Gasteiger partial charge on any atom is 0.306 e. The van der Waals surface area contributed by atoms with Crippen molar-refractivity contribution in [1.82, 2.24) is 0 Å². The van der Waals surface area contributed by atoms with Crippen LogP contribution < -0.4 is 0 Å². The number of ether oxygens (including phenoxy) is 2. The average molecular weight is 310 g/mol. The molecule has 0 bridgehead atoms. The van der Waals surface area contributed by atoms with Gasteiger partial charge in [-0.2, -0.15) is 11.8 Å². The molecular weight excluding hydrogens is 288 g/mol. The summed E-state index contributed by atoms with van der Waals surface area (Å²) in [6.45, 7) is 1.23. The highest BCUT2D eigenvalue weighted by Crippen LogP contribution is 2.16. The van der Waals surface area contributed by atoms with E-state index in [1.165, 1.54) is 18.9 Å². The van der Waals surface area contributed by atoms with Gasteiger partial charge in [0.1, 0.15) is 6.29 Å². The van der Waals surface area contributed by atoms with Crippen LogP contribution >= 0.6 is 11.8 Å². The van der Waals surface area contributed by atoms with Gasteiger partial charge in [0.25, 0.3) is 0 Å². The number of aldehydes is 1. The molecule has 1 unspecified atom stereocenters. The van der Waals surface area contributed by atoms with E-state index in [4.69, 9.17) is 4.74 Å². The Morgan fingerprint density at radius 2 is 2.10 bits per heavy atom. The lowest BCUT2D eigenvalue weighted by molar-refractivity contribution is -0.140. The van der Waals surface area contributed by atoms with Gasteiger partial charge in [-0.15, -0.1) is 0 Å². The number of methoxy groups -OCH3 is 1. The van der Waals surface area contributed by atoms with E-state index in [0.29, 0.717) is 25.4 Å². The summed E-state index contributed by atoms with van der Waals surface area (Å²) in [6.07, 6.45) is 2.89. The summed E-state index contributed by atoms with van der Waals surface area (Å²) in [5, 5.41) is -0.0741. The molecule has 1 aromatic carbocycles. The van der Waals surface area contributed by atoms with Crippen molar-refractivity contribution in [1.29, 1.82) is 0 Å². The Hall–Kier alpha value is -1.33. The maximum absolute atomic E-state index is 11.0. The minimum Gasteiger partial charge on any atom is -0.469 e. The van der Waals surface area contributed by atoms with Crippen molar-refractivity contribution in [2.24, 2.45) is 0 Å². The second kappa shape index (κ2) is 11.3. The smallest absolute Gasteiger partial charge is 0.306 e. The van der Waals surface area contributed by atoms with Gasteiger partial charge in [0.05, 0.1) is 25.4 Å². The van der Waals surface area contributed by atoms with E-state index in [9.17, 15) is 9.59 Å². The normalized spacial score (nSPS) is 11.9. The number of thioether (sulfide) groups is 1. The molecule has 21 heavy (non-hydrogen) atoms. The largest absolute Gasteiger partial charge is 0.469 e. The molecule has 4 nitrogen and oxygen atoms in total. The zero-order chi connectivity index (χ0) is 15.3. The number of esters is 1. The summed E-state index contributed by atoms with van der Waals surface area (Å²) in [7, 11) is 1.37. The van der Waals surface area contributed by atoms with Crippen LogP contribution in [-0.2, 0) is 25.7 Å². The van der Waals surface area contributed by atoms with Crippen LogP contribution in [0.2, 0.25) is 0 Å². The van der Waals surface area contributed by atoms with Gasteiger partial charge in [0.2, 0.25) is 0 Å². The Kier molecular flexibility index (Phi) is 9.57.